The molecule has 0 heterocycles. The molecule has 0 bridgehead atoms. The molecule has 0 saturated heterocycles. The second kappa shape index (κ2) is 43.2. The number of hydrogen-bond acceptors (Lipinski definition) is 7. The Morgan fingerprint density at radius 3 is 1.40 bits per heavy atom. The van der Waals surface area contributed by atoms with Crippen molar-refractivity contribution < 1.29 is 42.1 Å². The lowest BCUT2D eigenvalue weighted by Crippen LogP contribution is -2.37. The van der Waals surface area contributed by atoms with Crippen molar-refractivity contribution in [2.24, 2.45) is 0 Å². The summed E-state index contributed by atoms with van der Waals surface area (Å²) in [7, 11) is 1.43. The van der Waals surface area contributed by atoms with Crippen LogP contribution in [0, 0.1) is 0 Å². The molecule has 0 aliphatic heterocycles. The van der Waals surface area contributed by atoms with E-state index >= 15 is 0 Å². The highest BCUT2D eigenvalue weighted by Gasteiger charge is 2.27. The Morgan fingerprint density at radius 2 is 0.919 bits per heavy atom. The monoisotopic (exact) mass is 887 g/mol. The molecule has 0 aliphatic rings. The summed E-state index contributed by atoms with van der Waals surface area (Å²) in [5.74, 6) is -0.856. The van der Waals surface area contributed by atoms with Crippen molar-refractivity contribution in [2.75, 3.05) is 47.5 Å². The van der Waals surface area contributed by atoms with Crippen molar-refractivity contribution in [1.29, 1.82) is 0 Å². The van der Waals surface area contributed by atoms with Crippen LogP contribution in [0.2, 0.25) is 0 Å². The molecule has 0 aliphatic carbocycles. The summed E-state index contributed by atoms with van der Waals surface area (Å²) in [6.07, 6.45) is 57.4. The average molecular weight is 887 g/mol. The minimum absolute atomic E-state index is 0.0181. The zero-order chi connectivity index (χ0) is 45.7. The zero-order valence-electron chi connectivity index (χ0n) is 39.8. The lowest BCUT2D eigenvalue weighted by molar-refractivity contribution is -0.870. The van der Waals surface area contributed by atoms with Gasteiger partial charge in [0.1, 0.15) is 19.8 Å². The number of phosphoric acid groups is 1. The second-order valence-electron chi connectivity index (χ2n) is 16.8. The lowest BCUT2D eigenvalue weighted by atomic mass is 10.1. The molecule has 10 heteroatoms. The quantitative estimate of drug-likeness (QED) is 0.0212. The first kappa shape index (κ1) is 58.9. The molecule has 0 rings (SSSR count). The molecule has 1 N–H and O–H groups in total. The molecule has 62 heavy (non-hydrogen) atoms. The van der Waals surface area contributed by atoms with Crippen LogP contribution in [0.3, 0.4) is 0 Å². The maximum atomic E-state index is 12.7. The van der Waals surface area contributed by atoms with Crippen LogP contribution < -0.4 is 0 Å². The standard InChI is InChI=1S/C52H88NO8P/c1-6-8-10-12-14-16-18-20-21-22-23-24-25-26-27-28-29-30-31-33-35-37-39-41-43-45-52(55)61-50(49-60-62(56,57)59-47-46-53(3,4)5)48-58-51(54)44-42-40-38-36-34-32-19-17-15-13-11-9-7-2/h8,10,14,16-17,19-21,23-24,26-27,29-30,33,35,50H,6-7,9,11-13,15,18,22,25,28,31-32,34,36-49H2,1-5H3/p+1/b10-8-,16-14-,19-17-,21-20-,24-23-,27-26-,30-29-,35-33-. The second-order valence-corrected chi connectivity index (χ2v) is 18.2. The Bertz CT molecular complexity index is 1370. The minimum Gasteiger partial charge on any atom is -0.462 e. The molecule has 0 aromatic carbocycles. The third-order valence-corrected chi connectivity index (χ3v) is 10.6. The molecule has 0 amide bonds. The van der Waals surface area contributed by atoms with Gasteiger partial charge in [0.2, 0.25) is 0 Å². The summed E-state index contributed by atoms with van der Waals surface area (Å²) in [4.78, 5) is 35.4. The molecule has 0 spiro atoms. The molecule has 9 nitrogen and oxygen atoms in total. The maximum absolute atomic E-state index is 12.7. The van der Waals surface area contributed by atoms with Gasteiger partial charge in [0.15, 0.2) is 6.10 Å². The van der Waals surface area contributed by atoms with Crippen LogP contribution in [0.5, 0.6) is 0 Å². The smallest absolute Gasteiger partial charge is 0.462 e. The van der Waals surface area contributed by atoms with E-state index in [0.717, 1.165) is 103 Å². The van der Waals surface area contributed by atoms with Gasteiger partial charge in [-0.15, -0.1) is 0 Å². The van der Waals surface area contributed by atoms with Gasteiger partial charge in [-0.2, -0.15) is 0 Å². The first-order valence-corrected chi connectivity index (χ1v) is 25.5. The zero-order valence-corrected chi connectivity index (χ0v) is 40.7. The van der Waals surface area contributed by atoms with E-state index in [9.17, 15) is 19.0 Å². The van der Waals surface area contributed by atoms with E-state index in [4.69, 9.17) is 18.5 Å². The highest BCUT2D eigenvalue weighted by Crippen LogP contribution is 2.43. The van der Waals surface area contributed by atoms with Crippen molar-refractivity contribution in [3.63, 3.8) is 0 Å². The molecule has 0 fully saturated rings. The van der Waals surface area contributed by atoms with Gasteiger partial charge in [0.25, 0.3) is 0 Å². The number of phosphoric ester groups is 1. The third-order valence-electron chi connectivity index (χ3n) is 9.60. The fraction of sp³-hybridized carbons (Fsp3) is 0.654. The number of carbonyl (C=O) groups is 2. The molecular weight excluding hydrogens is 798 g/mol. The van der Waals surface area contributed by atoms with Crippen molar-refractivity contribution in [3.05, 3.63) is 97.2 Å². The fourth-order valence-electron chi connectivity index (χ4n) is 5.87. The number of rotatable bonds is 42. The summed E-state index contributed by atoms with van der Waals surface area (Å²) >= 11 is 0. The number of unbranched alkanes of at least 4 members (excludes halogenated alkanes) is 12. The molecule has 2 unspecified atom stereocenters. The molecular formula is C52H89NO8P+. The van der Waals surface area contributed by atoms with Gasteiger partial charge in [0.05, 0.1) is 27.7 Å². The molecule has 0 radical (unpaired) electrons. The van der Waals surface area contributed by atoms with Gasteiger partial charge in [-0.25, -0.2) is 4.57 Å². The van der Waals surface area contributed by atoms with Gasteiger partial charge in [0, 0.05) is 12.8 Å². The van der Waals surface area contributed by atoms with E-state index in [2.05, 4.69) is 111 Å². The number of quaternary nitrogens is 1. The van der Waals surface area contributed by atoms with Crippen LogP contribution in [-0.4, -0.2) is 74.9 Å². The van der Waals surface area contributed by atoms with Gasteiger partial charge in [-0.05, 0) is 96.3 Å². The van der Waals surface area contributed by atoms with Crippen LogP contribution in [0.25, 0.3) is 0 Å². The number of likely N-dealkylation sites (N-methyl/N-ethyl adjacent to an activating group) is 1. The molecule has 2 atom stereocenters. The number of hydrogen-bond donors (Lipinski definition) is 1. The summed E-state index contributed by atoms with van der Waals surface area (Å²) in [5, 5.41) is 0. The van der Waals surface area contributed by atoms with E-state index in [1.807, 2.05) is 21.1 Å². The number of nitrogens with zero attached hydrogens (tertiary/aromatic N) is 1. The minimum atomic E-state index is -4.39. The van der Waals surface area contributed by atoms with Crippen molar-refractivity contribution >= 4 is 19.8 Å². The molecule has 0 saturated carbocycles. The van der Waals surface area contributed by atoms with Gasteiger partial charge < -0.3 is 18.9 Å². The molecule has 0 aromatic heterocycles. The van der Waals surface area contributed by atoms with Crippen molar-refractivity contribution in [1.82, 2.24) is 0 Å². The topological polar surface area (TPSA) is 108 Å². The number of carbonyl (C=O) groups excluding carboxylic acids is 2. The molecule has 354 valence electrons. The number of allylic oxidation sites excluding steroid dienone is 16. The maximum Gasteiger partial charge on any atom is 0.472 e. The summed E-state index contributed by atoms with van der Waals surface area (Å²) in [6.45, 7) is 4.22. The predicted octanol–water partition coefficient (Wildman–Crippen LogP) is 14.1. The van der Waals surface area contributed by atoms with E-state index in [1.54, 1.807) is 0 Å². The van der Waals surface area contributed by atoms with Gasteiger partial charge in [-0.3, -0.25) is 18.6 Å². The molecule has 0 aromatic rings. The summed E-state index contributed by atoms with van der Waals surface area (Å²) < 4.78 is 34.3. The van der Waals surface area contributed by atoms with E-state index in [0.29, 0.717) is 17.4 Å². The van der Waals surface area contributed by atoms with Gasteiger partial charge in [-0.1, -0.05) is 156 Å². The Balaban J connectivity index is 4.39. The lowest BCUT2D eigenvalue weighted by Gasteiger charge is -2.24. The van der Waals surface area contributed by atoms with Crippen LogP contribution in [0.15, 0.2) is 97.2 Å². The van der Waals surface area contributed by atoms with Crippen LogP contribution in [-0.2, 0) is 32.7 Å². The predicted molar refractivity (Wildman–Crippen MR) is 261 cm³/mol. The van der Waals surface area contributed by atoms with Crippen LogP contribution >= 0.6 is 7.82 Å². The normalized spacial score (nSPS) is 14.4. The van der Waals surface area contributed by atoms with E-state index in [1.165, 1.54) is 32.1 Å². The highest BCUT2D eigenvalue weighted by atomic mass is 31.2. The number of ether oxygens (including phenoxy) is 2. The largest absolute Gasteiger partial charge is 0.472 e. The summed E-state index contributed by atoms with van der Waals surface area (Å²) in [6, 6.07) is 0. The van der Waals surface area contributed by atoms with E-state index in [-0.39, 0.29) is 26.1 Å². The highest BCUT2D eigenvalue weighted by molar-refractivity contribution is 7.47. The number of esters is 2. The Morgan fingerprint density at radius 1 is 0.516 bits per heavy atom. The van der Waals surface area contributed by atoms with E-state index < -0.39 is 32.5 Å². The first-order valence-electron chi connectivity index (χ1n) is 24.0. The van der Waals surface area contributed by atoms with Crippen molar-refractivity contribution in [2.45, 2.75) is 174 Å². The fourth-order valence-corrected chi connectivity index (χ4v) is 6.61. The summed E-state index contributed by atoms with van der Waals surface area (Å²) in [5.41, 5.74) is 0. The van der Waals surface area contributed by atoms with Gasteiger partial charge >= 0.3 is 19.8 Å². The SMILES string of the molecule is CC/C=C\C/C=C\C/C=C\C/C=C\C/C=C\C/C=C\C/C=C\CCCCCC(=O)OC(COC(=O)CCCCCCC/C=C\CCCCCC)COP(=O)(O)OCC[N+](C)(C)C. The average Bonchev–Trinajstić information content (AvgIpc) is 3.23. The Hall–Kier alpha value is -3.07. The third kappa shape index (κ3) is 46.4. The van der Waals surface area contributed by atoms with Crippen LogP contribution in [0.1, 0.15) is 168 Å². The Labute approximate surface area is 379 Å². The first-order chi connectivity index (χ1) is 30.0. The van der Waals surface area contributed by atoms with Crippen molar-refractivity contribution in [3.8, 4) is 0 Å². The Kier molecular flexibility index (Phi) is 41.1. The van der Waals surface area contributed by atoms with Crippen LogP contribution in [0.4, 0.5) is 0 Å².